The van der Waals surface area contributed by atoms with E-state index in [1.165, 1.54) is 6.07 Å². The molecule has 1 aromatic rings. The molecule has 1 aliphatic carbocycles. The van der Waals surface area contributed by atoms with E-state index in [4.69, 9.17) is 4.74 Å². The Kier molecular flexibility index (Phi) is 3.01. The van der Waals surface area contributed by atoms with Crippen LogP contribution < -0.4 is 0 Å². The molecule has 1 aromatic carbocycles. The minimum atomic E-state index is -0.554. The van der Waals surface area contributed by atoms with Crippen molar-refractivity contribution in [1.82, 2.24) is 4.90 Å². The van der Waals surface area contributed by atoms with Gasteiger partial charge in [0.25, 0.3) is 0 Å². The van der Waals surface area contributed by atoms with E-state index in [1.807, 2.05) is 20.8 Å². The Morgan fingerprint density at radius 3 is 2.76 bits per heavy atom. The number of rotatable bonds is 1. The molecule has 0 N–H and O–H groups in total. The quantitative estimate of drug-likeness (QED) is 0.794. The Morgan fingerprint density at radius 1 is 1.38 bits per heavy atom. The van der Waals surface area contributed by atoms with Gasteiger partial charge in [-0.25, -0.2) is 13.6 Å². The van der Waals surface area contributed by atoms with Crippen LogP contribution in [0.25, 0.3) is 0 Å². The molecule has 21 heavy (non-hydrogen) atoms. The van der Waals surface area contributed by atoms with Crippen LogP contribution in [0.15, 0.2) is 18.2 Å². The topological polar surface area (TPSA) is 29.5 Å². The SMILES string of the molecule is CC(C)(C)OC(=O)N1C[C@@H]2C[C@]2(c2cc(F)ccc2F)C1. The summed E-state index contributed by atoms with van der Waals surface area (Å²) >= 11 is 0. The summed E-state index contributed by atoms with van der Waals surface area (Å²) in [5, 5.41) is 0. The number of hydrogen-bond donors (Lipinski definition) is 0. The second-order valence-electron chi connectivity index (χ2n) is 7.04. The Morgan fingerprint density at radius 2 is 2.10 bits per heavy atom. The Hall–Kier alpha value is -1.65. The first-order valence-corrected chi connectivity index (χ1v) is 7.15. The lowest BCUT2D eigenvalue weighted by molar-refractivity contribution is 0.0270. The number of carbonyl (C=O) groups is 1. The molecule has 2 aliphatic rings. The molecular weight excluding hydrogens is 276 g/mol. The van der Waals surface area contributed by atoms with Crippen LogP contribution in [0.3, 0.4) is 0 Å². The highest BCUT2D eigenvalue weighted by Crippen LogP contribution is 2.59. The Bertz CT molecular complexity index is 596. The molecule has 3 nitrogen and oxygen atoms in total. The van der Waals surface area contributed by atoms with Gasteiger partial charge >= 0.3 is 6.09 Å². The van der Waals surface area contributed by atoms with Crippen molar-refractivity contribution in [3.8, 4) is 0 Å². The largest absolute Gasteiger partial charge is 0.444 e. The average Bonchev–Trinajstić information content (AvgIpc) is 2.93. The first-order chi connectivity index (χ1) is 9.71. The van der Waals surface area contributed by atoms with E-state index >= 15 is 0 Å². The smallest absolute Gasteiger partial charge is 0.410 e. The first kappa shape index (κ1) is 14.3. The van der Waals surface area contributed by atoms with Crippen LogP contribution in [0.5, 0.6) is 0 Å². The van der Waals surface area contributed by atoms with Crippen molar-refractivity contribution >= 4 is 6.09 Å². The number of ether oxygens (including phenoxy) is 1. The fourth-order valence-electron chi connectivity index (χ4n) is 3.24. The molecule has 0 aromatic heterocycles. The van der Waals surface area contributed by atoms with Crippen molar-refractivity contribution in [1.29, 1.82) is 0 Å². The molecular formula is C16H19F2NO2. The predicted molar refractivity (Wildman–Crippen MR) is 74.0 cm³/mol. The summed E-state index contributed by atoms with van der Waals surface area (Å²) in [5.41, 5.74) is -0.594. The van der Waals surface area contributed by atoms with E-state index in [-0.39, 0.29) is 12.0 Å². The fraction of sp³-hybridized carbons (Fsp3) is 0.562. The van der Waals surface area contributed by atoms with Gasteiger partial charge in [0.2, 0.25) is 0 Å². The van der Waals surface area contributed by atoms with E-state index in [0.717, 1.165) is 18.6 Å². The molecule has 1 saturated carbocycles. The molecule has 2 atom stereocenters. The Balaban J connectivity index is 1.78. The number of nitrogens with zero attached hydrogens (tertiary/aromatic N) is 1. The van der Waals surface area contributed by atoms with Crippen LogP contribution in [0.4, 0.5) is 13.6 Å². The van der Waals surface area contributed by atoms with E-state index in [0.29, 0.717) is 18.7 Å². The van der Waals surface area contributed by atoms with Gasteiger partial charge in [0.15, 0.2) is 0 Å². The highest BCUT2D eigenvalue weighted by molar-refractivity contribution is 5.69. The zero-order valence-corrected chi connectivity index (χ0v) is 12.5. The maximum Gasteiger partial charge on any atom is 0.410 e. The monoisotopic (exact) mass is 295 g/mol. The van der Waals surface area contributed by atoms with Crippen LogP contribution in [0, 0.1) is 17.6 Å². The molecule has 1 heterocycles. The lowest BCUT2D eigenvalue weighted by atomic mass is 9.94. The molecule has 5 heteroatoms. The molecule has 1 saturated heterocycles. The van der Waals surface area contributed by atoms with Crippen LogP contribution in [0.1, 0.15) is 32.8 Å². The average molecular weight is 295 g/mol. The van der Waals surface area contributed by atoms with Crippen LogP contribution >= 0.6 is 0 Å². The third kappa shape index (κ3) is 2.49. The van der Waals surface area contributed by atoms with Gasteiger partial charge in [-0.15, -0.1) is 0 Å². The summed E-state index contributed by atoms with van der Waals surface area (Å²) in [6, 6.07) is 3.53. The van der Waals surface area contributed by atoms with Gasteiger partial charge in [-0.3, -0.25) is 0 Å². The molecule has 0 spiro atoms. The van der Waals surface area contributed by atoms with Gasteiger partial charge < -0.3 is 9.64 Å². The summed E-state index contributed by atoms with van der Waals surface area (Å²) in [7, 11) is 0. The maximum atomic E-state index is 14.0. The highest BCUT2D eigenvalue weighted by atomic mass is 19.1. The molecule has 0 unspecified atom stereocenters. The van der Waals surface area contributed by atoms with E-state index in [9.17, 15) is 13.6 Å². The van der Waals surface area contributed by atoms with Gasteiger partial charge in [0, 0.05) is 18.5 Å². The normalized spacial score (nSPS) is 27.5. The number of likely N-dealkylation sites (tertiary alicyclic amines) is 1. The van der Waals surface area contributed by atoms with Gasteiger partial charge in [-0.05, 0) is 56.9 Å². The fourth-order valence-corrected chi connectivity index (χ4v) is 3.24. The minimum absolute atomic E-state index is 0.196. The summed E-state index contributed by atoms with van der Waals surface area (Å²) in [5.74, 6) is -0.645. The predicted octanol–water partition coefficient (Wildman–Crippen LogP) is 3.47. The van der Waals surface area contributed by atoms with Crippen molar-refractivity contribution in [2.75, 3.05) is 13.1 Å². The molecule has 3 rings (SSSR count). The van der Waals surface area contributed by atoms with Gasteiger partial charge in [0.05, 0.1) is 0 Å². The van der Waals surface area contributed by atoms with Gasteiger partial charge in [-0.1, -0.05) is 0 Å². The zero-order chi connectivity index (χ0) is 15.4. The summed E-state index contributed by atoms with van der Waals surface area (Å²) < 4.78 is 32.7. The van der Waals surface area contributed by atoms with Crippen LogP contribution in [0.2, 0.25) is 0 Å². The number of piperidine rings is 1. The lowest BCUT2D eigenvalue weighted by Gasteiger charge is -2.26. The van der Waals surface area contributed by atoms with Gasteiger partial charge in [-0.2, -0.15) is 0 Å². The number of fused-ring (bicyclic) bond motifs is 1. The van der Waals surface area contributed by atoms with Crippen molar-refractivity contribution < 1.29 is 18.3 Å². The Labute approximate surface area is 122 Å². The third-order valence-corrected chi connectivity index (χ3v) is 4.26. The van der Waals surface area contributed by atoms with Crippen molar-refractivity contribution in [2.24, 2.45) is 5.92 Å². The van der Waals surface area contributed by atoms with Crippen LogP contribution in [-0.4, -0.2) is 29.7 Å². The lowest BCUT2D eigenvalue weighted by Crippen LogP contribution is -2.37. The van der Waals surface area contributed by atoms with E-state index in [2.05, 4.69) is 0 Å². The number of carbonyl (C=O) groups excluding carboxylic acids is 1. The number of hydrogen-bond acceptors (Lipinski definition) is 2. The molecule has 0 radical (unpaired) electrons. The van der Waals surface area contributed by atoms with Gasteiger partial charge in [0.1, 0.15) is 17.2 Å². The zero-order valence-electron chi connectivity index (χ0n) is 12.5. The second kappa shape index (κ2) is 4.42. The summed E-state index contributed by atoms with van der Waals surface area (Å²) in [6.07, 6.45) is 0.415. The third-order valence-electron chi connectivity index (χ3n) is 4.26. The summed E-state index contributed by atoms with van der Waals surface area (Å²) in [4.78, 5) is 13.7. The maximum absolute atomic E-state index is 14.0. The van der Waals surface area contributed by atoms with E-state index in [1.54, 1.807) is 4.90 Å². The standard InChI is InChI=1S/C16H19F2NO2/c1-15(2,3)21-14(20)19-8-10-7-16(10,9-19)12-6-11(17)4-5-13(12)18/h4-6,10H,7-9H2,1-3H3/t10-,16-/m0/s1. The van der Waals surface area contributed by atoms with Crippen LogP contribution in [-0.2, 0) is 10.2 Å². The molecule has 114 valence electrons. The van der Waals surface area contributed by atoms with Crippen molar-refractivity contribution in [2.45, 2.75) is 38.2 Å². The number of amides is 1. The van der Waals surface area contributed by atoms with E-state index < -0.39 is 22.7 Å². The highest BCUT2D eigenvalue weighted by Gasteiger charge is 2.63. The van der Waals surface area contributed by atoms with Crippen molar-refractivity contribution in [3.05, 3.63) is 35.4 Å². The minimum Gasteiger partial charge on any atom is -0.444 e. The van der Waals surface area contributed by atoms with Crippen molar-refractivity contribution in [3.63, 3.8) is 0 Å². The molecule has 1 amide bonds. The molecule has 0 bridgehead atoms. The molecule has 1 aliphatic heterocycles. The molecule has 2 fully saturated rings. The number of halogens is 2. The summed E-state index contributed by atoms with van der Waals surface area (Å²) in [6.45, 7) is 6.37. The first-order valence-electron chi connectivity index (χ1n) is 7.15. The number of benzene rings is 1. The second-order valence-corrected chi connectivity index (χ2v) is 7.04.